The van der Waals surface area contributed by atoms with Gasteiger partial charge in [-0.1, -0.05) is 74.5 Å². The average molecular weight is 441 g/mol. The van der Waals surface area contributed by atoms with E-state index in [1.807, 2.05) is 60.7 Å². The summed E-state index contributed by atoms with van der Waals surface area (Å²) in [5, 5.41) is 17.1. The number of hydrogen-bond acceptors (Lipinski definition) is 4. The molecule has 0 bridgehead atoms. The molecule has 0 saturated heterocycles. The van der Waals surface area contributed by atoms with Gasteiger partial charge in [-0.25, -0.2) is 9.59 Å². The minimum Gasteiger partial charge on any atom is -0.480 e. The molecule has 0 aliphatic carbocycles. The van der Waals surface area contributed by atoms with Gasteiger partial charge in [-0.05, 0) is 23.5 Å². The molecule has 2 aromatic rings. The van der Waals surface area contributed by atoms with Crippen LogP contribution in [0.1, 0.15) is 25.0 Å². The molecule has 2 aromatic carbocycles. The molecule has 0 radical (unpaired) electrons. The van der Waals surface area contributed by atoms with Gasteiger partial charge in [0.05, 0.1) is 0 Å². The molecule has 0 heterocycles. The van der Waals surface area contributed by atoms with Crippen LogP contribution in [0, 0.1) is 5.92 Å². The first-order valence-corrected chi connectivity index (χ1v) is 10.7. The van der Waals surface area contributed by atoms with Crippen molar-refractivity contribution in [2.24, 2.45) is 11.7 Å². The van der Waals surface area contributed by atoms with E-state index in [-0.39, 0.29) is 30.8 Å². The van der Waals surface area contributed by atoms with Crippen LogP contribution in [0.15, 0.2) is 60.7 Å². The van der Waals surface area contributed by atoms with Gasteiger partial charge >= 0.3 is 12.0 Å². The number of benzene rings is 2. The summed E-state index contributed by atoms with van der Waals surface area (Å²) < 4.78 is 0. The van der Waals surface area contributed by atoms with Gasteiger partial charge in [0.15, 0.2) is 0 Å². The Morgan fingerprint density at radius 3 is 1.91 bits per heavy atom. The Bertz CT molecular complexity index is 874. The molecule has 6 N–H and O–H groups in total. The van der Waals surface area contributed by atoms with Crippen LogP contribution in [-0.2, 0) is 22.4 Å². The van der Waals surface area contributed by atoms with E-state index < -0.39 is 24.1 Å². The minimum atomic E-state index is -1.13. The van der Waals surface area contributed by atoms with Gasteiger partial charge in [0.1, 0.15) is 12.1 Å². The van der Waals surface area contributed by atoms with Crippen LogP contribution in [-0.4, -0.2) is 47.7 Å². The summed E-state index contributed by atoms with van der Waals surface area (Å²) in [7, 11) is 0. The minimum absolute atomic E-state index is 0.242. The average Bonchev–Trinajstić information content (AvgIpc) is 2.76. The first-order chi connectivity index (χ1) is 15.3. The van der Waals surface area contributed by atoms with Crippen molar-refractivity contribution in [3.63, 3.8) is 0 Å². The maximum atomic E-state index is 12.9. The first-order valence-electron chi connectivity index (χ1n) is 10.7. The number of amides is 3. The lowest BCUT2D eigenvalue weighted by molar-refractivity contribution is -0.140. The summed E-state index contributed by atoms with van der Waals surface area (Å²) in [6, 6.07) is 16.1. The highest BCUT2D eigenvalue weighted by Crippen LogP contribution is 2.06. The Balaban J connectivity index is 2.00. The van der Waals surface area contributed by atoms with Gasteiger partial charge in [-0.2, -0.15) is 0 Å². The number of carbonyl (C=O) groups is 3. The third-order valence-electron chi connectivity index (χ3n) is 5.00. The van der Waals surface area contributed by atoms with E-state index in [1.54, 1.807) is 13.8 Å². The predicted molar refractivity (Wildman–Crippen MR) is 123 cm³/mol. The summed E-state index contributed by atoms with van der Waals surface area (Å²) in [5.41, 5.74) is 8.09. The molecular formula is C24H32N4O4. The lowest BCUT2D eigenvalue weighted by Crippen LogP contribution is -2.56. The molecule has 8 nitrogen and oxygen atoms in total. The van der Waals surface area contributed by atoms with E-state index in [1.165, 1.54) is 0 Å². The van der Waals surface area contributed by atoms with Gasteiger partial charge in [0, 0.05) is 19.0 Å². The fraction of sp³-hybridized carbons (Fsp3) is 0.375. The molecule has 0 unspecified atom stereocenters. The zero-order valence-electron chi connectivity index (χ0n) is 18.5. The van der Waals surface area contributed by atoms with Crippen LogP contribution in [0.5, 0.6) is 0 Å². The second-order valence-electron chi connectivity index (χ2n) is 8.11. The number of hydrogen-bond donors (Lipinski definition) is 5. The van der Waals surface area contributed by atoms with Crippen LogP contribution in [0.3, 0.4) is 0 Å². The Labute approximate surface area is 188 Å². The fourth-order valence-corrected chi connectivity index (χ4v) is 3.26. The third-order valence-corrected chi connectivity index (χ3v) is 5.00. The SMILES string of the molecule is CC(C)[C@H](NC(=O)N[C@@H](Cc1ccccc1)C(=O)NC[C@H](N)Cc1ccccc1)C(=O)O. The molecule has 2 rings (SSSR count). The van der Waals surface area contributed by atoms with E-state index >= 15 is 0 Å². The van der Waals surface area contributed by atoms with Crippen molar-refractivity contribution in [2.75, 3.05) is 6.54 Å². The fourth-order valence-electron chi connectivity index (χ4n) is 3.26. The van der Waals surface area contributed by atoms with Crippen molar-refractivity contribution in [3.8, 4) is 0 Å². The highest BCUT2D eigenvalue weighted by Gasteiger charge is 2.27. The van der Waals surface area contributed by atoms with Crippen molar-refractivity contribution in [1.82, 2.24) is 16.0 Å². The maximum Gasteiger partial charge on any atom is 0.326 e. The molecule has 3 atom stereocenters. The summed E-state index contributed by atoms with van der Waals surface area (Å²) in [6.45, 7) is 3.63. The van der Waals surface area contributed by atoms with Crippen LogP contribution >= 0.6 is 0 Å². The second kappa shape index (κ2) is 12.5. The van der Waals surface area contributed by atoms with Crippen LogP contribution in [0.4, 0.5) is 4.79 Å². The summed E-state index contributed by atoms with van der Waals surface area (Å²) in [5.74, 6) is -1.83. The smallest absolute Gasteiger partial charge is 0.326 e. The Kier molecular flexibility index (Phi) is 9.69. The van der Waals surface area contributed by atoms with Crippen molar-refractivity contribution < 1.29 is 19.5 Å². The molecule has 0 fully saturated rings. The Hall–Kier alpha value is -3.39. The van der Waals surface area contributed by atoms with Crippen molar-refractivity contribution in [1.29, 1.82) is 0 Å². The highest BCUT2D eigenvalue weighted by atomic mass is 16.4. The molecular weight excluding hydrogens is 408 g/mol. The molecule has 0 aliphatic heterocycles. The van der Waals surface area contributed by atoms with Crippen molar-refractivity contribution in [3.05, 3.63) is 71.8 Å². The van der Waals surface area contributed by atoms with Gasteiger partial charge in [0.25, 0.3) is 0 Å². The molecule has 3 amide bonds. The van der Waals surface area contributed by atoms with E-state index in [0.717, 1.165) is 11.1 Å². The Morgan fingerprint density at radius 1 is 0.875 bits per heavy atom. The monoisotopic (exact) mass is 440 g/mol. The lowest BCUT2D eigenvalue weighted by atomic mass is 10.0. The largest absolute Gasteiger partial charge is 0.480 e. The third kappa shape index (κ3) is 8.39. The molecule has 0 spiro atoms. The Morgan fingerprint density at radius 2 is 1.41 bits per heavy atom. The molecule has 0 saturated carbocycles. The van der Waals surface area contributed by atoms with Crippen LogP contribution in [0.2, 0.25) is 0 Å². The molecule has 32 heavy (non-hydrogen) atoms. The van der Waals surface area contributed by atoms with Crippen LogP contribution in [0.25, 0.3) is 0 Å². The normalized spacial score (nSPS) is 13.6. The maximum absolute atomic E-state index is 12.9. The zero-order valence-corrected chi connectivity index (χ0v) is 18.5. The number of carboxylic acids is 1. The standard InChI is InChI=1S/C24H32N4O4/c1-16(2)21(23(30)31)28-24(32)27-20(14-18-11-7-4-8-12-18)22(29)26-15-19(25)13-17-9-5-3-6-10-17/h3-12,16,19-21H,13-15,25H2,1-2H3,(H,26,29)(H,30,31)(H2,27,28,32)/t19-,20+,21+/m1/s1. The van der Waals surface area contributed by atoms with Crippen molar-refractivity contribution in [2.45, 2.75) is 44.8 Å². The summed E-state index contributed by atoms with van der Waals surface area (Å²) in [6.07, 6.45) is 0.862. The van der Waals surface area contributed by atoms with E-state index in [2.05, 4.69) is 16.0 Å². The number of nitrogens with one attached hydrogen (secondary N) is 3. The van der Waals surface area contributed by atoms with Gasteiger partial charge in [0.2, 0.25) is 5.91 Å². The molecule has 0 aliphatic rings. The van der Waals surface area contributed by atoms with Gasteiger partial charge < -0.3 is 26.8 Å². The topological polar surface area (TPSA) is 134 Å². The zero-order chi connectivity index (χ0) is 23.5. The predicted octanol–water partition coefficient (Wildman–Crippen LogP) is 1.69. The quantitative estimate of drug-likeness (QED) is 0.363. The van der Waals surface area contributed by atoms with E-state index in [9.17, 15) is 19.5 Å². The summed E-state index contributed by atoms with van der Waals surface area (Å²) in [4.78, 5) is 36.7. The number of carboxylic acid groups (broad SMARTS) is 1. The van der Waals surface area contributed by atoms with Crippen molar-refractivity contribution >= 4 is 17.9 Å². The first kappa shape index (κ1) is 24.9. The number of nitrogens with two attached hydrogens (primary N) is 1. The lowest BCUT2D eigenvalue weighted by Gasteiger charge is -2.23. The van der Waals surface area contributed by atoms with E-state index in [4.69, 9.17) is 5.73 Å². The second-order valence-corrected chi connectivity index (χ2v) is 8.11. The number of rotatable bonds is 11. The van der Waals surface area contributed by atoms with E-state index in [0.29, 0.717) is 6.42 Å². The number of carbonyl (C=O) groups excluding carboxylic acids is 2. The molecule has 0 aromatic heterocycles. The van der Waals surface area contributed by atoms with Gasteiger partial charge in [-0.15, -0.1) is 0 Å². The number of aliphatic carboxylic acids is 1. The summed E-state index contributed by atoms with van der Waals surface area (Å²) >= 11 is 0. The van der Waals surface area contributed by atoms with Gasteiger partial charge in [-0.3, -0.25) is 4.79 Å². The molecule has 172 valence electrons. The molecule has 8 heteroatoms. The number of urea groups is 1. The van der Waals surface area contributed by atoms with Crippen LogP contribution < -0.4 is 21.7 Å². The highest BCUT2D eigenvalue weighted by molar-refractivity contribution is 5.89.